The standard InChI is InChI=1S/C13H17ClN2O3/c1-10(17)15-7-6-13(18)16-8-9-19-12-4-2-11(14)3-5-12/h2-5H,6-9H2,1H3,(H,15,17)(H,16,18). The molecule has 5 nitrogen and oxygen atoms in total. The van der Waals surface area contributed by atoms with Gasteiger partial charge in [-0.2, -0.15) is 0 Å². The van der Waals surface area contributed by atoms with Gasteiger partial charge in [0.1, 0.15) is 12.4 Å². The van der Waals surface area contributed by atoms with Gasteiger partial charge >= 0.3 is 0 Å². The van der Waals surface area contributed by atoms with Crippen molar-refractivity contribution >= 4 is 23.4 Å². The number of carbonyl (C=O) groups excluding carboxylic acids is 2. The summed E-state index contributed by atoms with van der Waals surface area (Å²) in [6, 6.07) is 7.01. The van der Waals surface area contributed by atoms with Crippen molar-refractivity contribution in [3.63, 3.8) is 0 Å². The van der Waals surface area contributed by atoms with Gasteiger partial charge in [-0.3, -0.25) is 9.59 Å². The highest BCUT2D eigenvalue weighted by Gasteiger charge is 2.01. The largest absolute Gasteiger partial charge is 0.492 e. The summed E-state index contributed by atoms with van der Waals surface area (Å²) in [4.78, 5) is 21.9. The topological polar surface area (TPSA) is 67.4 Å². The van der Waals surface area contributed by atoms with E-state index in [9.17, 15) is 9.59 Å². The van der Waals surface area contributed by atoms with Crippen molar-refractivity contribution in [3.8, 4) is 5.75 Å². The average molecular weight is 285 g/mol. The first kappa shape index (κ1) is 15.3. The molecule has 0 aromatic heterocycles. The fourth-order valence-corrected chi connectivity index (χ4v) is 1.46. The second kappa shape index (κ2) is 8.37. The maximum absolute atomic E-state index is 11.3. The Labute approximate surface area is 117 Å². The molecule has 1 aromatic rings. The van der Waals surface area contributed by atoms with E-state index in [-0.39, 0.29) is 18.2 Å². The van der Waals surface area contributed by atoms with Crippen molar-refractivity contribution in [2.45, 2.75) is 13.3 Å². The van der Waals surface area contributed by atoms with Crippen molar-refractivity contribution in [1.82, 2.24) is 10.6 Å². The maximum Gasteiger partial charge on any atom is 0.221 e. The molecule has 0 saturated heterocycles. The van der Waals surface area contributed by atoms with Crippen molar-refractivity contribution in [2.75, 3.05) is 19.7 Å². The summed E-state index contributed by atoms with van der Waals surface area (Å²) in [5.74, 6) is 0.448. The molecule has 0 aliphatic rings. The Morgan fingerprint density at radius 2 is 1.84 bits per heavy atom. The summed E-state index contributed by atoms with van der Waals surface area (Å²) in [5.41, 5.74) is 0. The van der Waals surface area contributed by atoms with E-state index in [1.165, 1.54) is 6.92 Å². The van der Waals surface area contributed by atoms with Gasteiger partial charge in [-0.25, -0.2) is 0 Å². The third kappa shape index (κ3) is 7.31. The molecule has 6 heteroatoms. The molecular formula is C13H17ClN2O3. The number of rotatable bonds is 7. The van der Waals surface area contributed by atoms with Crippen LogP contribution in [0.3, 0.4) is 0 Å². The molecule has 0 atom stereocenters. The van der Waals surface area contributed by atoms with Crippen LogP contribution in [-0.2, 0) is 9.59 Å². The molecule has 0 bridgehead atoms. The lowest BCUT2D eigenvalue weighted by molar-refractivity contribution is -0.121. The molecule has 2 N–H and O–H groups in total. The highest BCUT2D eigenvalue weighted by Crippen LogP contribution is 2.14. The summed E-state index contributed by atoms with van der Waals surface area (Å²) >= 11 is 5.74. The van der Waals surface area contributed by atoms with Gasteiger partial charge in [-0.05, 0) is 24.3 Å². The van der Waals surface area contributed by atoms with Crippen molar-refractivity contribution in [3.05, 3.63) is 29.3 Å². The Morgan fingerprint density at radius 3 is 2.47 bits per heavy atom. The van der Waals surface area contributed by atoms with Crippen LogP contribution in [0.15, 0.2) is 24.3 Å². The Bertz CT molecular complexity index is 420. The van der Waals surface area contributed by atoms with E-state index in [4.69, 9.17) is 16.3 Å². The number of ether oxygens (including phenoxy) is 1. The van der Waals surface area contributed by atoms with Gasteiger partial charge in [0, 0.05) is 24.9 Å². The SMILES string of the molecule is CC(=O)NCCC(=O)NCCOc1ccc(Cl)cc1. The molecule has 1 rings (SSSR count). The highest BCUT2D eigenvalue weighted by molar-refractivity contribution is 6.30. The fraction of sp³-hybridized carbons (Fsp3) is 0.385. The number of carbonyl (C=O) groups is 2. The van der Waals surface area contributed by atoms with E-state index in [0.717, 1.165) is 0 Å². The molecule has 0 heterocycles. The van der Waals surface area contributed by atoms with Crippen LogP contribution in [-0.4, -0.2) is 31.5 Å². The van der Waals surface area contributed by atoms with Crippen molar-refractivity contribution in [2.24, 2.45) is 0 Å². The molecule has 0 aliphatic carbocycles. The highest BCUT2D eigenvalue weighted by atomic mass is 35.5. The van der Waals surface area contributed by atoms with Crippen LogP contribution in [0.1, 0.15) is 13.3 Å². The Morgan fingerprint density at radius 1 is 1.16 bits per heavy atom. The van der Waals surface area contributed by atoms with Crippen LogP contribution in [0.2, 0.25) is 5.02 Å². The number of halogens is 1. The van der Waals surface area contributed by atoms with Crippen molar-refractivity contribution < 1.29 is 14.3 Å². The predicted octanol–water partition coefficient (Wildman–Crippen LogP) is 1.36. The first-order chi connectivity index (χ1) is 9.08. The summed E-state index contributed by atoms with van der Waals surface area (Å²) in [6.45, 7) is 2.56. The third-order valence-corrected chi connectivity index (χ3v) is 2.48. The predicted molar refractivity (Wildman–Crippen MR) is 73.3 cm³/mol. The van der Waals surface area contributed by atoms with Gasteiger partial charge in [0.05, 0.1) is 6.54 Å². The first-order valence-corrected chi connectivity index (χ1v) is 6.35. The van der Waals surface area contributed by atoms with E-state index in [1.54, 1.807) is 24.3 Å². The van der Waals surface area contributed by atoms with Crippen LogP contribution in [0.5, 0.6) is 5.75 Å². The molecule has 0 aliphatic heterocycles. The second-order valence-corrected chi connectivity index (χ2v) is 4.32. The van der Waals surface area contributed by atoms with E-state index in [1.807, 2.05) is 0 Å². The van der Waals surface area contributed by atoms with Crippen LogP contribution < -0.4 is 15.4 Å². The normalized spacial score (nSPS) is 9.79. The number of benzene rings is 1. The minimum absolute atomic E-state index is 0.117. The van der Waals surface area contributed by atoms with Crippen LogP contribution in [0.25, 0.3) is 0 Å². The third-order valence-electron chi connectivity index (χ3n) is 2.23. The molecule has 0 fully saturated rings. The summed E-state index contributed by atoms with van der Waals surface area (Å²) in [7, 11) is 0. The van der Waals surface area contributed by atoms with Gasteiger partial charge in [0.2, 0.25) is 11.8 Å². The molecule has 19 heavy (non-hydrogen) atoms. The second-order valence-electron chi connectivity index (χ2n) is 3.89. The molecule has 104 valence electrons. The van der Waals surface area contributed by atoms with Gasteiger partial charge in [0.25, 0.3) is 0 Å². The summed E-state index contributed by atoms with van der Waals surface area (Å²) in [5, 5.41) is 5.90. The Hall–Kier alpha value is -1.75. The molecule has 2 amide bonds. The van der Waals surface area contributed by atoms with Gasteiger partial charge in [-0.15, -0.1) is 0 Å². The van der Waals surface area contributed by atoms with Gasteiger partial charge in [0.15, 0.2) is 0 Å². The van der Waals surface area contributed by atoms with Gasteiger partial charge in [-0.1, -0.05) is 11.6 Å². The summed E-state index contributed by atoms with van der Waals surface area (Å²) < 4.78 is 5.41. The first-order valence-electron chi connectivity index (χ1n) is 5.97. The fourth-order valence-electron chi connectivity index (χ4n) is 1.33. The zero-order valence-corrected chi connectivity index (χ0v) is 11.5. The molecule has 0 radical (unpaired) electrons. The number of amides is 2. The minimum Gasteiger partial charge on any atom is -0.492 e. The Kier molecular flexibility index (Phi) is 6.74. The molecule has 0 saturated carbocycles. The lowest BCUT2D eigenvalue weighted by atomic mass is 10.3. The lowest BCUT2D eigenvalue weighted by Gasteiger charge is -2.08. The van der Waals surface area contributed by atoms with E-state index >= 15 is 0 Å². The minimum atomic E-state index is -0.140. The molecule has 0 unspecified atom stereocenters. The smallest absolute Gasteiger partial charge is 0.221 e. The van der Waals surface area contributed by atoms with Crippen molar-refractivity contribution in [1.29, 1.82) is 0 Å². The van der Waals surface area contributed by atoms with E-state index in [0.29, 0.717) is 30.5 Å². The number of hydrogen-bond donors (Lipinski definition) is 2. The zero-order valence-electron chi connectivity index (χ0n) is 10.7. The van der Waals surface area contributed by atoms with Crippen LogP contribution in [0.4, 0.5) is 0 Å². The van der Waals surface area contributed by atoms with E-state index in [2.05, 4.69) is 10.6 Å². The Balaban J connectivity index is 2.08. The van der Waals surface area contributed by atoms with Gasteiger partial charge < -0.3 is 15.4 Å². The number of nitrogens with one attached hydrogen (secondary N) is 2. The molecule has 1 aromatic carbocycles. The van der Waals surface area contributed by atoms with Crippen LogP contribution >= 0.6 is 11.6 Å². The van der Waals surface area contributed by atoms with Crippen LogP contribution in [0, 0.1) is 0 Å². The lowest BCUT2D eigenvalue weighted by Crippen LogP contribution is -2.31. The zero-order chi connectivity index (χ0) is 14.1. The molecule has 0 spiro atoms. The summed E-state index contributed by atoms with van der Waals surface area (Å²) in [6.07, 6.45) is 0.264. The average Bonchev–Trinajstić information content (AvgIpc) is 2.36. The quantitative estimate of drug-likeness (QED) is 0.743. The number of hydrogen-bond acceptors (Lipinski definition) is 3. The molecular weight excluding hydrogens is 268 g/mol. The van der Waals surface area contributed by atoms with E-state index < -0.39 is 0 Å². The maximum atomic E-state index is 11.3. The monoisotopic (exact) mass is 284 g/mol.